The zero-order chi connectivity index (χ0) is 14.0. The largest absolute Gasteiger partial charge is 0.504 e. The molecule has 0 saturated carbocycles. The van der Waals surface area contributed by atoms with Gasteiger partial charge in [0.2, 0.25) is 5.75 Å². The van der Waals surface area contributed by atoms with E-state index in [1.54, 1.807) is 6.07 Å². The third-order valence-electron chi connectivity index (χ3n) is 3.16. The van der Waals surface area contributed by atoms with Gasteiger partial charge in [0.15, 0.2) is 11.5 Å². The van der Waals surface area contributed by atoms with Gasteiger partial charge in [-0.1, -0.05) is 44.2 Å². The van der Waals surface area contributed by atoms with Crippen molar-refractivity contribution >= 4 is 0 Å². The van der Waals surface area contributed by atoms with Gasteiger partial charge in [-0.15, -0.1) is 0 Å². The molecule has 0 aromatic heterocycles. The highest BCUT2D eigenvalue weighted by molar-refractivity contribution is 5.76. The van der Waals surface area contributed by atoms with Crippen LogP contribution in [0.15, 0.2) is 36.4 Å². The van der Waals surface area contributed by atoms with Crippen molar-refractivity contribution in [3.63, 3.8) is 0 Å². The first kappa shape index (κ1) is 13.3. The summed E-state index contributed by atoms with van der Waals surface area (Å²) < 4.78 is 5.11. The van der Waals surface area contributed by atoms with E-state index in [1.165, 1.54) is 7.11 Å². The van der Waals surface area contributed by atoms with Gasteiger partial charge >= 0.3 is 0 Å². The fourth-order valence-corrected chi connectivity index (χ4v) is 2.25. The summed E-state index contributed by atoms with van der Waals surface area (Å²) in [5, 5.41) is 20.1. The fraction of sp³-hybridized carbons (Fsp3) is 0.250. The molecule has 3 heteroatoms. The SMILES string of the molecule is COc1cc(-c2ccccc2)c(C(C)C)c(O)c1O. The Kier molecular flexibility index (Phi) is 3.65. The molecular weight excluding hydrogens is 240 g/mol. The van der Waals surface area contributed by atoms with Crippen molar-refractivity contribution in [3.8, 4) is 28.4 Å². The zero-order valence-electron chi connectivity index (χ0n) is 11.3. The van der Waals surface area contributed by atoms with E-state index in [-0.39, 0.29) is 23.2 Å². The van der Waals surface area contributed by atoms with Crippen molar-refractivity contribution in [2.24, 2.45) is 0 Å². The number of phenols is 2. The average Bonchev–Trinajstić information content (AvgIpc) is 2.42. The maximum atomic E-state index is 10.2. The van der Waals surface area contributed by atoms with E-state index in [9.17, 15) is 10.2 Å². The molecule has 0 bridgehead atoms. The lowest BCUT2D eigenvalue weighted by Crippen LogP contribution is -1.96. The molecule has 0 atom stereocenters. The van der Waals surface area contributed by atoms with Crippen LogP contribution in [0.1, 0.15) is 25.3 Å². The first-order valence-electron chi connectivity index (χ1n) is 6.24. The third kappa shape index (κ3) is 2.36. The highest BCUT2D eigenvalue weighted by atomic mass is 16.5. The van der Waals surface area contributed by atoms with Gasteiger partial charge in [0, 0.05) is 5.56 Å². The molecule has 0 saturated heterocycles. The van der Waals surface area contributed by atoms with Gasteiger partial charge in [-0.05, 0) is 23.1 Å². The number of benzene rings is 2. The molecule has 0 spiro atoms. The lowest BCUT2D eigenvalue weighted by Gasteiger charge is -2.18. The zero-order valence-corrected chi connectivity index (χ0v) is 11.3. The first-order chi connectivity index (χ1) is 9.06. The van der Waals surface area contributed by atoms with Gasteiger partial charge in [0.05, 0.1) is 7.11 Å². The Morgan fingerprint density at radius 3 is 2.16 bits per heavy atom. The number of aromatic hydroxyl groups is 2. The van der Waals surface area contributed by atoms with Gasteiger partial charge in [0.25, 0.3) is 0 Å². The van der Waals surface area contributed by atoms with Crippen LogP contribution in [0.3, 0.4) is 0 Å². The summed E-state index contributed by atoms with van der Waals surface area (Å²) in [6, 6.07) is 11.5. The van der Waals surface area contributed by atoms with Crippen molar-refractivity contribution in [3.05, 3.63) is 42.0 Å². The van der Waals surface area contributed by atoms with Crippen LogP contribution in [0.4, 0.5) is 0 Å². The van der Waals surface area contributed by atoms with E-state index >= 15 is 0 Å². The van der Waals surface area contributed by atoms with Gasteiger partial charge in [-0.25, -0.2) is 0 Å². The van der Waals surface area contributed by atoms with Crippen LogP contribution in [0, 0.1) is 0 Å². The van der Waals surface area contributed by atoms with E-state index in [0.717, 1.165) is 16.7 Å². The molecule has 0 aliphatic heterocycles. The summed E-state index contributed by atoms with van der Waals surface area (Å²) in [5.74, 6) is 0.0619. The molecule has 0 amide bonds. The van der Waals surface area contributed by atoms with Crippen molar-refractivity contribution < 1.29 is 14.9 Å². The number of phenolic OH excluding ortho intramolecular Hbond substituents is 2. The minimum Gasteiger partial charge on any atom is -0.504 e. The summed E-state index contributed by atoms with van der Waals surface area (Å²) in [4.78, 5) is 0. The number of ether oxygens (including phenoxy) is 1. The van der Waals surface area contributed by atoms with Crippen molar-refractivity contribution in [1.82, 2.24) is 0 Å². The second-order valence-corrected chi connectivity index (χ2v) is 4.76. The molecule has 2 aromatic carbocycles. The van der Waals surface area contributed by atoms with Gasteiger partial charge in [0.1, 0.15) is 0 Å². The molecule has 2 rings (SSSR count). The van der Waals surface area contributed by atoms with Crippen molar-refractivity contribution in [2.75, 3.05) is 7.11 Å². The van der Waals surface area contributed by atoms with Crippen LogP contribution in [0.25, 0.3) is 11.1 Å². The molecule has 0 radical (unpaired) electrons. The predicted octanol–water partition coefficient (Wildman–Crippen LogP) is 3.90. The molecule has 0 heterocycles. The molecule has 2 N–H and O–H groups in total. The molecule has 19 heavy (non-hydrogen) atoms. The highest BCUT2D eigenvalue weighted by Crippen LogP contribution is 2.46. The summed E-state index contributed by atoms with van der Waals surface area (Å²) in [6.07, 6.45) is 0. The van der Waals surface area contributed by atoms with Gasteiger partial charge < -0.3 is 14.9 Å². The predicted molar refractivity (Wildman–Crippen MR) is 75.8 cm³/mol. The van der Waals surface area contributed by atoms with Crippen LogP contribution in [0.5, 0.6) is 17.2 Å². The average molecular weight is 258 g/mol. The smallest absolute Gasteiger partial charge is 0.200 e. The topological polar surface area (TPSA) is 49.7 Å². The minimum absolute atomic E-state index is 0.0898. The van der Waals surface area contributed by atoms with E-state index in [0.29, 0.717) is 0 Å². The lowest BCUT2D eigenvalue weighted by molar-refractivity contribution is 0.348. The molecule has 3 nitrogen and oxygen atoms in total. The second-order valence-electron chi connectivity index (χ2n) is 4.76. The molecule has 100 valence electrons. The fourth-order valence-electron chi connectivity index (χ4n) is 2.25. The van der Waals surface area contributed by atoms with Crippen LogP contribution >= 0.6 is 0 Å². The molecule has 2 aromatic rings. The van der Waals surface area contributed by atoms with Gasteiger partial charge in [-0.2, -0.15) is 0 Å². The maximum Gasteiger partial charge on any atom is 0.200 e. The number of rotatable bonds is 3. The first-order valence-corrected chi connectivity index (χ1v) is 6.24. The van der Waals surface area contributed by atoms with Gasteiger partial charge in [-0.3, -0.25) is 0 Å². The Bertz CT molecular complexity index is 574. The second kappa shape index (κ2) is 5.22. The van der Waals surface area contributed by atoms with Crippen molar-refractivity contribution in [1.29, 1.82) is 0 Å². The van der Waals surface area contributed by atoms with Crippen LogP contribution in [-0.4, -0.2) is 17.3 Å². The molecule has 0 fully saturated rings. The third-order valence-corrected chi connectivity index (χ3v) is 3.16. The summed E-state index contributed by atoms with van der Waals surface area (Å²) >= 11 is 0. The molecular formula is C16H18O3. The Balaban J connectivity index is 2.75. The molecule has 0 unspecified atom stereocenters. The normalized spacial score (nSPS) is 10.7. The van der Waals surface area contributed by atoms with E-state index in [2.05, 4.69) is 0 Å². The van der Waals surface area contributed by atoms with Crippen LogP contribution in [-0.2, 0) is 0 Å². The minimum atomic E-state index is -0.203. The summed E-state index contributed by atoms with van der Waals surface area (Å²) in [6.45, 7) is 3.96. The molecule has 0 aliphatic rings. The van der Waals surface area contributed by atoms with E-state index in [4.69, 9.17) is 4.74 Å². The number of hydrogen-bond donors (Lipinski definition) is 2. The summed E-state index contributed by atoms with van der Waals surface area (Å²) in [5.41, 5.74) is 2.59. The standard InChI is InChI=1S/C16H18O3/c1-10(2)14-12(11-7-5-4-6-8-11)9-13(19-3)15(17)16(14)18/h4-10,17-18H,1-3H3. The number of hydrogen-bond acceptors (Lipinski definition) is 3. The highest BCUT2D eigenvalue weighted by Gasteiger charge is 2.20. The summed E-state index contributed by atoms with van der Waals surface area (Å²) in [7, 11) is 1.47. The quantitative estimate of drug-likeness (QED) is 0.821. The Morgan fingerprint density at radius 2 is 1.63 bits per heavy atom. The molecule has 0 aliphatic carbocycles. The van der Waals surface area contributed by atoms with E-state index < -0.39 is 0 Å². The van der Waals surface area contributed by atoms with Crippen molar-refractivity contribution in [2.45, 2.75) is 19.8 Å². The Labute approximate surface area is 113 Å². The Hall–Kier alpha value is -2.16. The van der Waals surface area contributed by atoms with Crippen LogP contribution < -0.4 is 4.74 Å². The van der Waals surface area contributed by atoms with Crippen LogP contribution in [0.2, 0.25) is 0 Å². The monoisotopic (exact) mass is 258 g/mol. The Morgan fingerprint density at radius 1 is 1.00 bits per heavy atom. The number of methoxy groups -OCH3 is 1. The lowest BCUT2D eigenvalue weighted by atomic mass is 9.91. The van der Waals surface area contributed by atoms with E-state index in [1.807, 2.05) is 44.2 Å². The maximum absolute atomic E-state index is 10.2.